The summed E-state index contributed by atoms with van der Waals surface area (Å²) in [7, 11) is 2.11. The van der Waals surface area contributed by atoms with Crippen LogP contribution in [0.25, 0.3) is 0 Å². The predicted octanol–water partition coefficient (Wildman–Crippen LogP) is 2.59. The molecular formula is C16H27N3O2. The number of hydrogen-bond donors (Lipinski definition) is 2. The molecule has 5 heteroatoms. The first-order valence-electron chi connectivity index (χ1n) is 7.50. The van der Waals surface area contributed by atoms with Crippen LogP contribution >= 0.6 is 0 Å². The topological polar surface area (TPSA) is 67.6 Å². The van der Waals surface area contributed by atoms with E-state index in [0.717, 1.165) is 25.2 Å². The average molecular weight is 293 g/mol. The Bertz CT molecular complexity index is 463. The molecule has 0 heterocycles. The predicted molar refractivity (Wildman–Crippen MR) is 87.7 cm³/mol. The minimum absolute atomic E-state index is 0.343. The zero-order valence-corrected chi connectivity index (χ0v) is 13.5. The van der Waals surface area contributed by atoms with Gasteiger partial charge >= 0.3 is 5.97 Å². The van der Waals surface area contributed by atoms with Crippen LogP contribution in [0.4, 0.5) is 11.4 Å². The maximum absolute atomic E-state index is 11.8. The Morgan fingerprint density at radius 3 is 2.76 bits per heavy atom. The molecule has 0 fully saturated rings. The van der Waals surface area contributed by atoms with Gasteiger partial charge in [0, 0.05) is 30.5 Å². The largest absolute Gasteiger partial charge is 0.462 e. The molecule has 1 aromatic carbocycles. The van der Waals surface area contributed by atoms with Gasteiger partial charge in [0.15, 0.2) is 0 Å². The summed E-state index contributed by atoms with van der Waals surface area (Å²) in [6.45, 7) is 8.26. The van der Waals surface area contributed by atoms with E-state index in [1.165, 1.54) is 0 Å². The van der Waals surface area contributed by atoms with Crippen LogP contribution in [0.1, 0.15) is 37.6 Å². The van der Waals surface area contributed by atoms with Crippen LogP contribution < -0.4 is 11.1 Å². The summed E-state index contributed by atoms with van der Waals surface area (Å²) in [6.07, 6.45) is 1.13. The first-order chi connectivity index (χ1) is 9.99. The Morgan fingerprint density at radius 2 is 2.14 bits per heavy atom. The maximum Gasteiger partial charge on any atom is 0.340 e. The second kappa shape index (κ2) is 8.52. The number of carbonyl (C=O) groups excluding carboxylic acids is 1. The van der Waals surface area contributed by atoms with E-state index in [-0.39, 0.29) is 5.97 Å². The summed E-state index contributed by atoms with van der Waals surface area (Å²) in [5, 5.41) is 3.31. The summed E-state index contributed by atoms with van der Waals surface area (Å²) in [4.78, 5) is 14.1. The van der Waals surface area contributed by atoms with E-state index in [4.69, 9.17) is 10.5 Å². The lowest BCUT2D eigenvalue weighted by Gasteiger charge is -2.23. The van der Waals surface area contributed by atoms with Crippen LogP contribution in [0.2, 0.25) is 0 Å². The number of nitrogens with zero attached hydrogens (tertiary/aromatic N) is 1. The lowest BCUT2D eigenvalue weighted by Crippen LogP contribution is -2.32. The van der Waals surface area contributed by atoms with Gasteiger partial charge in [-0.2, -0.15) is 0 Å². The molecule has 0 saturated carbocycles. The van der Waals surface area contributed by atoms with Crippen LogP contribution in [0, 0.1) is 0 Å². The van der Waals surface area contributed by atoms with Crippen molar-refractivity contribution in [2.24, 2.45) is 0 Å². The third-order valence-electron chi connectivity index (χ3n) is 3.69. The number of nitrogen functional groups attached to an aromatic ring is 1. The van der Waals surface area contributed by atoms with E-state index in [1.54, 1.807) is 19.1 Å². The zero-order chi connectivity index (χ0) is 15.8. The molecule has 0 aliphatic carbocycles. The highest BCUT2D eigenvalue weighted by Gasteiger charge is 2.11. The van der Waals surface area contributed by atoms with Crippen LogP contribution in [0.15, 0.2) is 18.2 Å². The SMILES string of the molecule is CCOC(=O)c1cc(NCCN(C)C(C)CC)ccc1N. The van der Waals surface area contributed by atoms with Crippen molar-refractivity contribution in [2.75, 3.05) is 37.8 Å². The van der Waals surface area contributed by atoms with Crippen molar-refractivity contribution >= 4 is 17.3 Å². The summed E-state index contributed by atoms with van der Waals surface area (Å²) >= 11 is 0. The summed E-state index contributed by atoms with van der Waals surface area (Å²) in [5.41, 5.74) is 7.55. The molecule has 0 aliphatic heterocycles. The number of carbonyl (C=O) groups is 1. The molecule has 0 amide bonds. The molecule has 118 valence electrons. The number of nitrogens with one attached hydrogen (secondary N) is 1. The molecule has 3 N–H and O–H groups in total. The Hall–Kier alpha value is -1.75. The van der Waals surface area contributed by atoms with E-state index in [0.29, 0.717) is 23.9 Å². The van der Waals surface area contributed by atoms with Crippen LogP contribution in [0.3, 0.4) is 0 Å². The third kappa shape index (κ3) is 5.27. The second-order valence-corrected chi connectivity index (χ2v) is 5.19. The van der Waals surface area contributed by atoms with Gasteiger partial charge in [0.25, 0.3) is 0 Å². The number of ether oxygens (including phenoxy) is 1. The fourth-order valence-corrected chi connectivity index (χ4v) is 1.96. The number of anilines is 2. The third-order valence-corrected chi connectivity index (χ3v) is 3.69. The van der Waals surface area contributed by atoms with Crippen molar-refractivity contribution in [1.82, 2.24) is 4.90 Å². The summed E-state index contributed by atoms with van der Waals surface area (Å²) in [6, 6.07) is 5.92. The van der Waals surface area contributed by atoms with Gasteiger partial charge < -0.3 is 20.7 Å². The fourth-order valence-electron chi connectivity index (χ4n) is 1.96. The van der Waals surface area contributed by atoms with Gasteiger partial charge in [0.1, 0.15) is 0 Å². The van der Waals surface area contributed by atoms with Gasteiger partial charge in [0.05, 0.1) is 12.2 Å². The molecule has 21 heavy (non-hydrogen) atoms. The van der Waals surface area contributed by atoms with E-state index >= 15 is 0 Å². The first-order valence-corrected chi connectivity index (χ1v) is 7.50. The Balaban J connectivity index is 2.60. The van der Waals surface area contributed by atoms with Crippen molar-refractivity contribution in [3.05, 3.63) is 23.8 Å². The van der Waals surface area contributed by atoms with Crippen molar-refractivity contribution in [3.63, 3.8) is 0 Å². The highest BCUT2D eigenvalue weighted by atomic mass is 16.5. The molecule has 0 spiro atoms. The first kappa shape index (κ1) is 17.3. The molecule has 1 atom stereocenters. The van der Waals surface area contributed by atoms with E-state index in [1.807, 2.05) is 6.07 Å². The molecule has 0 bridgehead atoms. The summed E-state index contributed by atoms with van der Waals surface area (Å²) < 4.78 is 5.00. The van der Waals surface area contributed by atoms with Crippen LogP contribution in [-0.2, 0) is 4.74 Å². The fraction of sp³-hybridized carbons (Fsp3) is 0.562. The molecule has 1 aromatic rings. The second-order valence-electron chi connectivity index (χ2n) is 5.19. The van der Waals surface area contributed by atoms with E-state index < -0.39 is 0 Å². The van der Waals surface area contributed by atoms with Gasteiger partial charge in [-0.15, -0.1) is 0 Å². The maximum atomic E-state index is 11.8. The van der Waals surface area contributed by atoms with Gasteiger partial charge in [-0.05, 0) is 45.5 Å². The van der Waals surface area contributed by atoms with E-state index in [9.17, 15) is 4.79 Å². The minimum atomic E-state index is -0.379. The zero-order valence-electron chi connectivity index (χ0n) is 13.5. The minimum Gasteiger partial charge on any atom is -0.462 e. The number of rotatable bonds is 8. The smallest absolute Gasteiger partial charge is 0.340 e. The van der Waals surface area contributed by atoms with Gasteiger partial charge in [-0.1, -0.05) is 6.92 Å². The molecule has 1 unspecified atom stereocenters. The number of nitrogens with two attached hydrogens (primary N) is 1. The normalized spacial score (nSPS) is 12.2. The van der Waals surface area contributed by atoms with Gasteiger partial charge in [-0.25, -0.2) is 4.79 Å². The molecular weight excluding hydrogens is 266 g/mol. The molecule has 0 radical (unpaired) electrons. The molecule has 1 rings (SSSR count). The highest BCUT2D eigenvalue weighted by molar-refractivity contribution is 5.96. The molecule has 0 saturated heterocycles. The Kier molecular flexibility index (Phi) is 7.02. The highest BCUT2D eigenvalue weighted by Crippen LogP contribution is 2.18. The van der Waals surface area contributed by atoms with Crippen LogP contribution in [-0.4, -0.2) is 43.7 Å². The Morgan fingerprint density at radius 1 is 1.43 bits per heavy atom. The van der Waals surface area contributed by atoms with Crippen molar-refractivity contribution in [2.45, 2.75) is 33.2 Å². The summed E-state index contributed by atoms with van der Waals surface area (Å²) in [5.74, 6) is -0.379. The van der Waals surface area contributed by atoms with Crippen molar-refractivity contribution in [1.29, 1.82) is 0 Å². The number of likely N-dealkylation sites (N-methyl/N-ethyl adjacent to an activating group) is 1. The average Bonchev–Trinajstić information content (AvgIpc) is 2.48. The number of benzene rings is 1. The van der Waals surface area contributed by atoms with Crippen molar-refractivity contribution < 1.29 is 9.53 Å². The monoisotopic (exact) mass is 293 g/mol. The quantitative estimate of drug-likeness (QED) is 0.569. The lowest BCUT2D eigenvalue weighted by molar-refractivity contribution is 0.0527. The van der Waals surface area contributed by atoms with E-state index in [2.05, 4.69) is 31.1 Å². The molecule has 0 aromatic heterocycles. The van der Waals surface area contributed by atoms with Gasteiger partial charge in [-0.3, -0.25) is 0 Å². The number of esters is 1. The van der Waals surface area contributed by atoms with Crippen molar-refractivity contribution in [3.8, 4) is 0 Å². The van der Waals surface area contributed by atoms with Crippen LogP contribution in [0.5, 0.6) is 0 Å². The standard InChI is InChI=1S/C16H27N3O2/c1-5-12(3)19(4)10-9-18-13-7-8-15(17)14(11-13)16(20)21-6-2/h7-8,11-12,18H,5-6,9-10,17H2,1-4H3. The molecule has 5 nitrogen and oxygen atoms in total. The van der Waals surface area contributed by atoms with Gasteiger partial charge in [0.2, 0.25) is 0 Å². The number of hydrogen-bond acceptors (Lipinski definition) is 5. The Labute approximate surface area is 127 Å². The molecule has 0 aliphatic rings. The lowest BCUT2D eigenvalue weighted by atomic mass is 10.1.